The van der Waals surface area contributed by atoms with Crippen LogP contribution in [0, 0.1) is 11.7 Å². The van der Waals surface area contributed by atoms with E-state index in [1.807, 2.05) is 0 Å². The second kappa shape index (κ2) is 6.08. The average Bonchev–Trinajstić information content (AvgIpc) is 3.15. The molecule has 3 rings (SSSR count). The van der Waals surface area contributed by atoms with Gasteiger partial charge >= 0.3 is 0 Å². The molecule has 1 aromatic heterocycles. The summed E-state index contributed by atoms with van der Waals surface area (Å²) in [5.41, 5.74) is 5.67. The summed E-state index contributed by atoms with van der Waals surface area (Å²) in [5, 5.41) is 3.74. The lowest BCUT2D eigenvalue weighted by molar-refractivity contribution is 0.0937. The molecule has 1 amide bonds. The lowest BCUT2D eigenvalue weighted by Crippen LogP contribution is -2.41. The molecular weight excluding hydrogens is 299 g/mol. The highest BCUT2D eigenvalue weighted by Crippen LogP contribution is 2.33. The van der Waals surface area contributed by atoms with E-state index in [1.54, 1.807) is 12.1 Å². The molecule has 3 N–H and O–H groups in total. The normalized spacial score (nSPS) is 15.7. The number of carbonyl (C=O) groups is 1. The van der Waals surface area contributed by atoms with Gasteiger partial charge < -0.3 is 11.1 Å². The summed E-state index contributed by atoms with van der Waals surface area (Å²) in [5.74, 6) is 0.139. The van der Waals surface area contributed by atoms with Crippen LogP contribution in [0.3, 0.4) is 0 Å². The molecular formula is C14H16ClFN2OS. The molecule has 1 heterocycles. The molecule has 108 valence electrons. The first kappa shape index (κ1) is 15.2. The van der Waals surface area contributed by atoms with E-state index in [4.69, 9.17) is 5.73 Å². The number of nitrogens with one attached hydrogen (secondary N) is 1. The molecule has 1 aliphatic carbocycles. The van der Waals surface area contributed by atoms with E-state index in [0.29, 0.717) is 17.3 Å². The van der Waals surface area contributed by atoms with Crippen LogP contribution in [-0.2, 0) is 0 Å². The Morgan fingerprint density at radius 3 is 2.85 bits per heavy atom. The van der Waals surface area contributed by atoms with Gasteiger partial charge in [0, 0.05) is 17.3 Å². The molecule has 0 radical (unpaired) electrons. The second-order valence-electron chi connectivity index (χ2n) is 4.95. The van der Waals surface area contributed by atoms with E-state index in [9.17, 15) is 9.18 Å². The van der Waals surface area contributed by atoms with Crippen LogP contribution in [0.1, 0.15) is 22.5 Å². The Kier molecular flexibility index (Phi) is 4.62. The molecule has 0 aliphatic heterocycles. The van der Waals surface area contributed by atoms with Crippen molar-refractivity contribution < 1.29 is 9.18 Å². The smallest absolute Gasteiger partial charge is 0.261 e. The van der Waals surface area contributed by atoms with E-state index in [-0.39, 0.29) is 30.2 Å². The Labute approximate surface area is 126 Å². The van der Waals surface area contributed by atoms with Crippen molar-refractivity contribution in [2.45, 2.75) is 18.9 Å². The quantitative estimate of drug-likeness (QED) is 0.911. The monoisotopic (exact) mass is 314 g/mol. The van der Waals surface area contributed by atoms with Crippen LogP contribution in [0.4, 0.5) is 4.39 Å². The number of fused-ring (bicyclic) bond motifs is 1. The van der Waals surface area contributed by atoms with Gasteiger partial charge in [-0.2, -0.15) is 0 Å². The molecule has 1 saturated carbocycles. The summed E-state index contributed by atoms with van der Waals surface area (Å²) in [6, 6.07) is 6.36. The zero-order chi connectivity index (χ0) is 13.4. The van der Waals surface area contributed by atoms with Gasteiger partial charge in [0.2, 0.25) is 0 Å². The molecule has 1 unspecified atom stereocenters. The number of halogens is 2. The number of rotatable bonds is 4. The predicted octanol–water partition coefficient (Wildman–Crippen LogP) is 2.93. The maximum absolute atomic E-state index is 13.1. The molecule has 3 nitrogen and oxygen atoms in total. The first-order valence-corrected chi connectivity index (χ1v) is 7.19. The Bertz CT molecular complexity index is 627. The van der Waals surface area contributed by atoms with Gasteiger partial charge in [-0.15, -0.1) is 23.7 Å². The van der Waals surface area contributed by atoms with Crippen molar-refractivity contribution in [3.8, 4) is 0 Å². The van der Waals surface area contributed by atoms with Gasteiger partial charge in [-0.1, -0.05) is 0 Å². The minimum Gasteiger partial charge on any atom is -0.347 e. The number of hydrogen-bond acceptors (Lipinski definition) is 3. The van der Waals surface area contributed by atoms with Crippen molar-refractivity contribution in [2.75, 3.05) is 6.54 Å². The van der Waals surface area contributed by atoms with Crippen molar-refractivity contribution in [3.63, 3.8) is 0 Å². The van der Waals surface area contributed by atoms with E-state index in [2.05, 4.69) is 5.32 Å². The third-order valence-electron chi connectivity index (χ3n) is 3.46. The maximum atomic E-state index is 13.1. The second-order valence-corrected chi connectivity index (χ2v) is 6.03. The largest absolute Gasteiger partial charge is 0.347 e. The fourth-order valence-corrected chi connectivity index (χ4v) is 3.18. The highest BCUT2D eigenvalue weighted by atomic mass is 35.5. The zero-order valence-corrected chi connectivity index (χ0v) is 12.4. The van der Waals surface area contributed by atoms with Gasteiger partial charge in [0.15, 0.2) is 0 Å². The van der Waals surface area contributed by atoms with Crippen LogP contribution < -0.4 is 11.1 Å². The van der Waals surface area contributed by atoms with Crippen LogP contribution in [0.5, 0.6) is 0 Å². The van der Waals surface area contributed by atoms with Crippen molar-refractivity contribution in [1.29, 1.82) is 0 Å². The third-order valence-corrected chi connectivity index (χ3v) is 4.58. The number of thiophene rings is 1. The first-order valence-electron chi connectivity index (χ1n) is 6.37. The van der Waals surface area contributed by atoms with Crippen LogP contribution >= 0.6 is 23.7 Å². The Balaban J connectivity index is 0.00000147. The molecule has 6 heteroatoms. The van der Waals surface area contributed by atoms with Crippen LogP contribution in [0.25, 0.3) is 10.1 Å². The highest BCUT2D eigenvalue weighted by Gasteiger charge is 2.31. The summed E-state index contributed by atoms with van der Waals surface area (Å²) in [6.45, 7) is 0.468. The van der Waals surface area contributed by atoms with Crippen LogP contribution in [-0.4, -0.2) is 18.5 Å². The topological polar surface area (TPSA) is 55.1 Å². The SMILES string of the molecule is Cl.NCC(NC(=O)c1cc2cc(F)ccc2s1)C1CC1. The predicted molar refractivity (Wildman–Crippen MR) is 82.1 cm³/mol. The molecule has 1 aliphatic rings. The van der Waals surface area contributed by atoms with E-state index < -0.39 is 0 Å². The number of nitrogens with two attached hydrogens (primary N) is 1. The van der Waals surface area contributed by atoms with Gasteiger partial charge in [0.25, 0.3) is 5.91 Å². The fourth-order valence-electron chi connectivity index (χ4n) is 2.23. The van der Waals surface area contributed by atoms with Crippen molar-refractivity contribution in [1.82, 2.24) is 5.32 Å². The summed E-state index contributed by atoms with van der Waals surface area (Å²) >= 11 is 1.38. The third kappa shape index (κ3) is 3.11. The molecule has 1 fully saturated rings. The van der Waals surface area contributed by atoms with Crippen LogP contribution in [0.2, 0.25) is 0 Å². The maximum Gasteiger partial charge on any atom is 0.261 e. The Morgan fingerprint density at radius 1 is 1.45 bits per heavy atom. The fraction of sp³-hybridized carbons (Fsp3) is 0.357. The van der Waals surface area contributed by atoms with Gasteiger partial charge in [0.1, 0.15) is 5.82 Å². The number of hydrogen-bond donors (Lipinski definition) is 2. The first-order chi connectivity index (χ1) is 9.17. The van der Waals surface area contributed by atoms with Crippen LogP contribution in [0.15, 0.2) is 24.3 Å². The van der Waals surface area contributed by atoms with E-state index >= 15 is 0 Å². The minimum absolute atomic E-state index is 0. The van der Waals surface area contributed by atoms with E-state index in [1.165, 1.54) is 23.5 Å². The Hall–Kier alpha value is -1.17. The van der Waals surface area contributed by atoms with Crippen molar-refractivity contribution in [3.05, 3.63) is 35.0 Å². The molecule has 0 saturated heterocycles. The van der Waals surface area contributed by atoms with Gasteiger partial charge in [-0.25, -0.2) is 4.39 Å². The number of carbonyl (C=O) groups excluding carboxylic acids is 1. The van der Waals surface area contributed by atoms with Gasteiger partial charge in [0.05, 0.1) is 4.88 Å². The molecule has 1 atom stereocenters. The minimum atomic E-state index is -0.282. The average molecular weight is 315 g/mol. The van der Waals surface area contributed by atoms with Crippen molar-refractivity contribution >= 4 is 39.7 Å². The van der Waals surface area contributed by atoms with Crippen molar-refractivity contribution in [2.24, 2.45) is 11.7 Å². The highest BCUT2D eigenvalue weighted by molar-refractivity contribution is 7.20. The summed E-state index contributed by atoms with van der Waals surface area (Å²) in [4.78, 5) is 12.8. The summed E-state index contributed by atoms with van der Waals surface area (Å²) < 4.78 is 14.0. The lowest BCUT2D eigenvalue weighted by Gasteiger charge is -2.14. The Morgan fingerprint density at radius 2 is 2.20 bits per heavy atom. The van der Waals surface area contributed by atoms with Gasteiger partial charge in [-0.3, -0.25) is 4.79 Å². The van der Waals surface area contributed by atoms with E-state index in [0.717, 1.165) is 22.9 Å². The molecule has 20 heavy (non-hydrogen) atoms. The summed E-state index contributed by atoms with van der Waals surface area (Å²) in [6.07, 6.45) is 2.28. The molecule has 2 aromatic rings. The lowest BCUT2D eigenvalue weighted by atomic mass is 10.2. The molecule has 1 aromatic carbocycles. The molecule has 0 bridgehead atoms. The molecule has 0 spiro atoms. The number of benzene rings is 1. The summed E-state index contributed by atoms with van der Waals surface area (Å²) in [7, 11) is 0. The number of amides is 1. The standard InChI is InChI=1S/C14H15FN2OS.ClH/c15-10-3-4-12-9(5-10)6-13(19-12)14(18)17-11(7-16)8-1-2-8;/h3-6,8,11H,1-2,7,16H2,(H,17,18);1H. The van der Waals surface area contributed by atoms with Gasteiger partial charge in [-0.05, 0) is 48.4 Å². The zero-order valence-electron chi connectivity index (χ0n) is 10.8.